The van der Waals surface area contributed by atoms with E-state index >= 15 is 0 Å². The van der Waals surface area contributed by atoms with Crippen molar-refractivity contribution >= 4 is 11.9 Å². The predicted molar refractivity (Wildman–Crippen MR) is 110 cm³/mol. The smallest absolute Gasteiger partial charge is 0.339 e. The van der Waals surface area contributed by atoms with Gasteiger partial charge in [0.05, 0.1) is 17.2 Å². The normalized spacial score (nSPS) is 10.1. The highest BCUT2D eigenvalue weighted by molar-refractivity contribution is 5.98. The molecule has 1 N–H and O–H groups in total. The lowest BCUT2D eigenvalue weighted by atomic mass is 9.96. The summed E-state index contributed by atoms with van der Waals surface area (Å²) >= 11 is 0. The first kappa shape index (κ1) is 19.8. The van der Waals surface area contributed by atoms with E-state index in [2.05, 4.69) is 11.4 Å². The number of rotatable bonds is 6. The molecule has 0 aliphatic heterocycles. The van der Waals surface area contributed by atoms with Crippen LogP contribution in [-0.2, 0) is 16.1 Å². The van der Waals surface area contributed by atoms with Crippen molar-refractivity contribution in [1.29, 1.82) is 5.26 Å². The predicted octanol–water partition coefficient (Wildman–Crippen LogP) is 4.01. The zero-order chi connectivity index (χ0) is 20.6. The lowest BCUT2D eigenvalue weighted by Gasteiger charge is -2.11. The number of nitrogens with zero attached hydrogens (tertiary/aromatic N) is 1. The molecular weight excluding hydrogens is 364 g/mol. The Labute approximate surface area is 169 Å². The third kappa shape index (κ3) is 4.88. The molecule has 3 aromatic carbocycles. The maximum Gasteiger partial charge on any atom is 0.339 e. The number of esters is 1. The summed E-state index contributed by atoms with van der Waals surface area (Å²) in [5, 5.41) is 12.1. The highest BCUT2D eigenvalue weighted by Crippen LogP contribution is 2.27. The maximum absolute atomic E-state index is 12.6. The second kappa shape index (κ2) is 9.34. The second-order valence-electron chi connectivity index (χ2n) is 6.48. The van der Waals surface area contributed by atoms with Crippen molar-refractivity contribution < 1.29 is 14.3 Å². The van der Waals surface area contributed by atoms with Gasteiger partial charge in [-0.2, -0.15) is 5.26 Å². The lowest BCUT2D eigenvalue weighted by Crippen LogP contribution is -2.28. The van der Waals surface area contributed by atoms with Gasteiger partial charge < -0.3 is 10.1 Å². The summed E-state index contributed by atoms with van der Waals surface area (Å²) in [6.45, 7) is 1.96. The molecule has 0 saturated carbocycles. The van der Waals surface area contributed by atoms with E-state index in [-0.39, 0.29) is 12.5 Å². The van der Waals surface area contributed by atoms with E-state index in [9.17, 15) is 14.9 Å². The summed E-state index contributed by atoms with van der Waals surface area (Å²) in [7, 11) is 0. The number of carbonyl (C=O) groups excluding carboxylic acids is 2. The Bertz CT molecular complexity index is 1080. The molecule has 0 aliphatic rings. The fourth-order valence-corrected chi connectivity index (χ4v) is 2.97. The van der Waals surface area contributed by atoms with Crippen LogP contribution in [-0.4, -0.2) is 18.5 Å². The van der Waals surface area contributed by atoms with Gasteiger partial charge in [0, 0.05) is 12.1 Å². The number of amides is 1. The second-order valence-corrected chi connectivity index (χ2v) is 6.48. The standard InChI is InChI=1S/C24H20N2O3/c1-17-8-2-3-10-19(17)15-26-23(27)16-29-24(28)22-13-7-6-12-21(22)20-11-5-4-9-18(20)14-25/h2-13H,15-16H2,1H3,(H,26,27). The van der Waals surface area contributed by atoms with E-state index in [0.717, 1.165) is 11.1 Å². The van der Waals surface area contributed by atoms with Crippen molar-refractivity contribution in [1.82, 2.24) is 5.32 Å². The molecular formula is C24H20N2O3. The first-order valence-electron chi connectivity index (χ1n) is 9.17. The van der Waals surface area contributed by atoms with E-state index in [4.69, 9.17) is 4.74 Å². The van der Waals surface area contributed by atoms with E-state index < -0.39 is 5.97 Å². The molecule has 144 valence electrons. The van der Waals surface area contributed by atoms with Crippen LogP contribution in [0, 0.1) is 18.3 Å². The number of nitrogens with one attached hydrogen (secondary N) is 1. The minimum Gasteiger partial charge on any atom is -0.452 e. The Balaban J connectivity index is 1.67. The van der Waals surface area contributed by atoms with Crippen LogP contribution in [0.5, 0.6) is 0 Å². The molecule has 5 heteroatoms. The quantitative estimate of drug-likeness (QED) is 0.652. The van der Waals surface area contributed by atoms with Crippen LogP contribution in [0.1, 0.15) is 27.0 Å². The van der Waals surface area contributed by atoms with Gasteiger partial charge >= 0.3 is 5.97 Å². The van der Waals surface area contributed by atoms with Crippen molar-refractivity contribution in [3.8, 4) is 17.2 Å². The molecule has 0 atom stereocenters. The summed E-state index contributed by atoms with van der Waals surface area (Å²) in [5.74, 6) is -0.990. The maximum atomic E-state index is 12.6. The molecule has 0 saturated heterocycles. The number of ether oxygens (including phenoxy) is 1. The molecule has 3 aromatic rings. The molecule has 0 spiro atoms. The third-order valence-electron chi connectivity index (χ3n) is 4.56. The summed E-state index contributed by atoms with van der Waals surface area (Å²) in [6, 6.07) is 23.8. The largest absolute Gasteiger partial charge is 0.452 e. The Morgan fingerprint density at radius 2 is 1.59 bits per heavy atom. The van der Waals surface area contributed by atoms with Gasteiger partial charge in [-0.25, -0.2) is 4.79 Å². The van der Waals surface area contributed by atoms with Crippen molar-refractivity contribution in [2.75, 3.05) is 6.61 Å². The van der Waals surface area contributed by atoms with Crippen LogP contribution in [0.15, 0.2) is 72.8 Å². The Morgan fingerprint density at radius 3 is 2.34 bits per heavy atom. The van der Waals surface area contributed by atoms with Crippen molar-refractivity contribution in [3.05, 3.63) is 95.1 Å². The summed E-state index contributed by atoms with van der Waals surface area (Å²) in [6.07, 6.45) is 0. The SMILES string of the molecule is Cc1ccccc1CNC(=O)COC(=O)c1ccccc1-c1ccccc1C#N. The Hall–Kier alpha value is -3.91. The average molecular weight is 384 g/mol. The van der Waals surface area contributed by atoms with Gasteiger partial charge in [-0.15, -0.1) is 0 Å². The van der Waals surface area contributed by atoms with Gasteiger partial charge in [0.2, 0.25) is 0 Å². The summed E-state index contributed by atoms with van der Waals surface area (Å²) < 4.78 is 5.21. The van der Waals surface area contributed by atoms with E-state index in [0.29, 0.717) is 28.8 Å². The van der Waals surface area contributed by atoms with Crippen LogP contribution < -0.4 is 5.32 Å². The first-order chi connectivity index (χ1) is 14.1. The van der Waals surface area contributed by atoms with Crippen molar-refractivity contribution in [2.24, 2.45) is 0 Å². The zero-order valence-corrected chi connectivity index (χ0v) is 16.0. The Kier molecular flexibility index (Phi) is 6.39. The van der Waals surface area contributed by atoms with Gasteiger partial charge in [0.15, 0.2) is 6.61 Å². The van der Waals surface area contributed by atoms with Crippen LogP contribution in [0.2, 0.25) is 0 Å². The van der Waals surface area contributed by atoms with Crippen LogP contribution in [0.4, 0.5) is 0 Å². The van der Waals surface area contributed by atoms with Gasteiger partial charge in [-0.1, -0.05) is 60.7 Å². The van der Waals surface area contributed by atoms with Gasteiger partial charge in [-0.3, -0.25) is 4.79 Å². The van der Waals surface area contributed by atoms with Crippen LogP contribution >= 0.6 is 0 Å². The van der Waals surface area contributed by atoms with E-state index in [1.807, 2.05) is 31.2 Å². The van der Waals surface area contributed by atoms with Gasteiger partial charge in [0.1, 0.15) is 0 Å². The van der Waals surface area contributed by atoms with Crippen molar-refractivity contribution in [2.45, 2.75) is 13.5 Å². The highest BCUT2D eigenvalue weighted by Gasteiger charge is 2.17. The molecule has 29 heavy (non-hydrogen) atoms. The van der Waals surface area contributed by atoms with Gasteiger partial charge in [-0.05, 0) is 35.7 Å². The molecule has 0 unspecified atom stereocenters. The highest BCUT2D eigenvalue weighted by atomic mass is 16.5. The summed E-state index contributed by atoms with van der Waals surface area (Å²) in [5.41, 5.74) is 4.09. The number of hydrogen-bond donors (Lipinski definition) is 1. The molecule has 0 heterocycles. The zero-order valence-electron chi connectivity index (χ0n) is 16.0. The summed E-state index contributed by atoms with van der Waals surface area (Å²) in [4.78, 5) is 24.7. The fraction of sp³-hybridized carbons (Fsp3) is 0.125. The minimum absolute atomic E-state index is 0.307. The minimum atomic E-state index is -0.612. The first-order valence-corrected chi connectivity index (χ1v) is 9.17. The number of hydrogen-bond acceptors (Lipinski definition) is 4. The molecule has 0 bridgehead atoms. The molecule has 1 amide bonds. The molecule has 0 fully saturated rings. The number of nitriles is 1. The van der Waals surface area contributed by atoms with Crippen molar-refractivity contribution in [3.63, 3.8) is 0 Å². The molecule has 0 aliphatic carbocycles. The molecule has 0 aromatic heterocycles. The Morgan fingerprint density at radius 1 is 0.931 bits per heavy atom. The fourth-order valence-electron chi connectivity index (χ4n) is 2.97. The van der Waals surface area contributed by atoms with Gasteiger partial charge in [0.25, 0.3) is 5.91 Å². The molecule has 5 nitrogen and oxygen atoms in total. The third-order valence-corrected chi connectivity index (χ3v) is 4.56. The number of aryl methyl sites for hydroxylation is 1. The van der Waals surface area contributed by atoms with E-state index in [1.54, 1.807) is 48.5 Å². The van der Waals surface area contributed by atoms with Crippen LogP contribution in [0.25, 0.3) is 11.1 Å². The average Bonchev–Trinajstić information content (AvgIpc) is 2.76. The van der Waals surface area contributed by atoms with E-state index in [1.165, 1.54) is 0 Å². The number of carbonyl (C=O) groups is 2. The topological polar surface area (TPSA) is 79.2 Å². The monoisotopic (exact) mass is 384 g/mol. The molecule has 3 rings (SSSR count). The number of benzene rings is 3. The molecule has 0 radical (unpaired) electrons. The van der Waals surface area contributed by atoms with Crippen LogP contribution in [0.3, 0.4) is 0 Å². The lowest BCUT2D eigenvalue weighted by molar-refractivity contribution is -0.124.